The van der Waals surface area contributed by atoms with Crippen molar-refractivity contribution in [2.24, 2.45) is 0 Å². The Labute approximate surface area is 209 Å². The first kappa shape index (κ1) is 25.6. The molecule has 1 heterocycles. The number of nitrogens with one attached hydrogen (secondary N) is 1. The summed E-state index contributed by atoms with van der Waals surface area (Å²) in [5.41, 5.74) is 5.26. The maximum Gasteiger partial charge on any atom is 0.0483 e. The van der Waals surface area contributed by atoms with Crippen LogP contribution in [0.2, 0.25) is 0 Å². The molecule has 1 aromatic heterocycles. The summed E-state index contributed by atoms with van der Waals surface area (Å²) in [5, 5.41) is 8.50. The maximum atomic E-state index is 6.08. The molecule has 0 aliphatic carbocycles. The van der Waals surface area contributed by atoms with Gasteiger partial charge in [0.05, 0.1) is 0 Å². The summed E-state index contributed by atoms with van der Waals surface area (Å²) < 4.78 is 2.32. The summed E-state index contributed by atoms with van der Waals surface area (Å²) in [6, 6.07) is 22.2. The van der Waals surface area contributed by atoms with Crippen LogP contribution in [0.25, 0.3) is 21.7 Å². The molecular weight excluding hydrogens is 436 g/mol. The molecule has 0 saturated heterocycles. The summed E-state index contributed by atoms with van der Waals surface area (Å²) in [6.45, 7) is 14.9. The zero-order valence-electron chi connectivity index (χ0n) is 20.5. The van der Waals surface area contributed by atoms with E-state index in [-0.39, 0.29) is 6.04 Å². The molecule has 0 spiro atoms. The van der Waals surface area contributed by atoms with E-state index < -0.39 is 0 Å². The molecule has 0 amide bonds. The molecule has 1 atom stereocenters. The van der Waals surface area contributed by atoms with Crippen molar-refractivity contribution in [3.8, 4) is 0 Å². The molecule has 176 valence electrons. The van der Waals surface area contributed by atoms with Crippen molar-refractivity contribution in [3.63, 3.8) is 0 Å². The van der Waals surface area contributed by atoms with E-state index in [0.717, 1.165) is 24.5 Å². The predicted octanol–water partition coefficient (Wildman–Crippen LogP) is 8.71. The van der Waals surface area contributed by atoms with Crippen LogP contribution in [-0.2, 0) is 19.5 Å². The van der Waals surface area contributed by atoms with Gasteiger partial charge in [-0.15, -0.1) is 0 Å². The highest BCUT2D eigenvalue weighted by Crippen LogP contribution is 2.26. The van der Waals surface area contributed by atoms with Gasteiger partial charge in [0.15, 0.2) is 0 Å². The number of allylic oxidation sites excluding steroid dienone is 4. The lowest BCUT2D eigenvalue weighted by molar-refractivity contribution is 0.578. The SMILES string of the molecule is C=CC=C.CCn1cc(C/C=C(\C)Cl)c2cc(CNC(C)c3cccc4ccccc34)ccc21. The third-order valence-electron chi connectivity index (χ3n) is 6.04. The second-order valence-electron chi connectivity index (χ2n) is 8.43. The van der Waals surface area contributed by atoms with Crippen LogP contribution >= 0.6 is 11.6 Å². The Morgan fingerprint density at radius 3 is 2.47 bits per heavy atom. The molecule has 3 heteroatoms. The third-order valence-corrected chi connectivity index (χ3v) is 6.20. The van der Waals surface area contributed by atoms with Gasteiger partial charge in [0.2, 0.25) is 0 Å². The molecule has 0 aliphatic heterocycles. The number of hydrogen-bond acceptors (Lipinski definition) is 1. The van der Waals surface area contributed by atoms with Gasteiger partial charge in [0, 0.05) is 41.3 Å². The Morgan fingerprint density at radius 2 is 1.76 bits per heavy atom. The second kappa shape index (κ2) is 12.4. The molecule has 0 radical (unpaired) electrons. The van der Waals surface area contributed by atoms with Crippen molar-refractivity contribution >= 4 is 33.3 Å². The van der Waals surface area contributed by atoms with Crippen LogP contribution in [-0.4, -0.2) is 4.57 Å². The van der Waals surface area contributed by atoms with E-state index in [9.17, 15) is 0 Å². The van der Waals surface area contributed by atoms with E-state index in [1.165, 1.54) is 38.4 Å². The minimum Gasteiger partial charge on any atom is -0.347 e. The largest absolute Gasteiger partial charge is 0.347 e. The second-order valence-corrected chi connectivity index (χ2v) is 9.03. The number of rotatable bonds is 8. The number of fused-ring (bicyclic) bond motifs is 2. The molecular formula is C31H35ClN2. The number of benzene rings is 3. The van der Waals surface area contributed by atoms with Gasteiger partial charge in [-0.05, 0) is 66.8 Å². The number of aromatic nitrogens is 1. The summed E-state index contributed by atoms with van der Waals surface area (Å²) in [6.07, 6.45) is 8.49. The molecule has 4 aromatic rings. The van der Waals surface area contributed by atoms with Crippen molar-refractivity contribution in [1.29, 1.82) is 0 Å². The Morgan fingerprint density at radius 1 is 1.03 bits per heavy atom. The average molecular weight is 471 g/mol. The molecule has 1 N–H and O–H groups in total. The van der Waals surface area contributed by atoms with Gasteiger partial charge in [-0.2, -0.15) is 0 Å². The molecule has 0 saturated carbocycles. The minimum absolute atomic E-state index is 0.272. The van der Waals surface area contributed by atoms with E-state index in [4.69, 9.17) is 11.6 Å². The molecule has 0 aliphatic rings. The number of halogens is 1. The minimum atomic E-state index is 0.272. The van der Waals surface area contributed by atoms with Crippen molar-refractivity contribution in [1.82, 2.24) is 9.88 Å². The molecule has 34 heavy (non-hydrogen) atoms. The van der Waals surface area contributed by atoms with E-state index in [0.29, 0.717) is 0 Å². The van der Waals surface area contributed by atoms with E-state index in [2.05, 4.69) is 110 Å². The summed E-state index contributed by atoms with van der Waals surface area (Å²) in [7, 11) is 0. The first-order valence-electron chi connectivity index (χ1n) is 11.9. The fraction of sp³-hybridized carbons (Fsp3) is 0.226. The lowest BCUT2D eigenvalue weighted by Crippen LogP contribution is -2.18. The summed E-state index contributed by atoms with van der Waals surface area (Å²) >= 11 is 6.08. The van der Waals surface area contributed by atoms with Crippen molar-refractivity contribution in [2.45, 2.75) is 46.3 Å². The smallest absolute Gasteiger partial charge is 0.0483 e. The first-order chi connectivity index (χ1) is 16.5. The topological polar surface area (TPSA) is 17.0 Å². The quantitative estimate of drug-likeness (QED) is 0.255. The standard InChI is InChI=1S/C27H29ClN2.C4H6/c1-4-30-18-23(14-12-19(2)28)26-16-21(13-15-27(26)30)17-29-20(3)24-11-7-9-22-8-5-6-10-25(22)24;1-3-4-2/h5-13,15-16,18,20,29H,4,14,17H2,1-3H3;3-4H,1-2H2/b19-12+;. The van der Waals surface area contributed by atoms with Crippen LogP contribution in [0.1, 0.15) is 43.5 Å². The van der Waals surface area contributed by atoms with Crippen molar-refractivity contribution in [2.75, 3.05) is 0 Å². The highest BCUT2D eigenvalue weighted by Gasteiger charge is 2.11. The third kappa shape index (κ3) is 6.28. The van der Waals surface area contributed by atoms with E-state index in [1.807, 2.05) is 6.92 Å². The van der Waals surface area contributed by atoms with Crippen LogP contribution in [0.5, 0.6) is 0 Å². The lowest BCUT2D eigenvalue weighted by Gasteiger charge is -2.17. The Bertz CT molecular complexity index is 1280. The van der Waals surface area contributed by atoms with Gasteiger partial charge in [-0.3, -0.25) is 0 Å². The molecule has 0 bridgehead atoms. The molecule has 4 rings (SSSR count). The van der Waals surface area contributed by atoms with Gasteiger partial charge >= 0.3 is 0 Å². The first-order valence-corrected chi connectivity index (χ1v) is 12.2. The molecule has 0 fully saturated rings. The van der Waals surface area contributed by atoms with Gasteiger partial charge in [-0.25, -0.2) is 0 Å². The highest BCUT2D eigenvalue weighted by atomic mass is 35.5. The average Bonchev–Trinajstić information content (AvgIpc) is 3.22. The van der Waals surface area contributed by atoms with Crippen LogP contribution in [0.4, 0.5) is 0 Å². The molecule has 2 nitrogen and oxygen atoms in total. The maximum absolute atomic E-state index is 6.08. The molecule has 3 aromatic carbocycles. The van der Waals surface area contributed by atoms with Gasteiger partial charge in [0.1, 0.15) is 0 Å². The fourth-order valence-electron chi connectivity index (χ4n) is 4.21. The predicted molar refractivity (Wildman–Crippen MR) is 151 cm³/mol. The summed E-state index contributed by atoms with van der Waals surface area (Å²) in [5.74, 6) is 0. The fourth-order valence-corrected chi connectivity index (χ4v) is 4.29. The van der Waals surface area contributed by atoms with Crippen molar-refractivity contribution < 1.29 is 0 Å². The number of hydrogen-bond donors (Lipinski definition) is 1. The van der Waals surface area contributed by atoms with Crippen LogP contribution in [0.3, 0.4) is 0 Å². The Balaban J connectivity index is 0.000000751. The van der Waals surface area contributed by atoms with Crippen LogP contribution < -0.4 is 5.32 Å². The summed E-state index contributed by atoms with van der Waals surface area (Å²) in [4.78, 5) is 0. The van der Waals surface area contributed by atoms with Crippen molar-refractivity contribution in [3.05, 3.63) is 120 Å². The van der Waals surface area contributed by atoms with Gasteiger partial charge in [-0.1, -0.05) is 91.5 Å². The Kier molecular flexibility index (Phi) is 9.33. The van der Waals surface area contributed by atoms with Gasteiger partial charge < -0.3 is 9.88 Å². The van der Waals surface area contributed by atoms with Crippen LogP contribution in [0.15, 0.2) is 103 Å². The highest BCUT2D eigenvalue weighted by molar-refractivity contribution is 6.29. The Hall–Kier alpha value is -3.07. The van der Waals surface area contributed by atoms with Crippen LogP contribution in [0, 0.1) is 0 Å². The normalized spacial score (nSPS) is 12.3. The zero-order valence-corrected chi connectivity index (χ0v) is 21.3. The zero-order chi connectivity index (χ0) is 24.5. The number of aryl methyl sites for hydroxylation is 1. The monoisotopic (exact) mass is 470 g/mol. The molecule has 1 unspecified atom stereocenters. The lowest BCUT2D eigenvalue weighted by atomic mass is 9.99. The van der Waals surface area contributed by atoms with Gasteiger partial charge in [0.25, 0.3) is 0 Å². The van der Waals surface area contributed by atoms with E-state index >= 15 is 0 Å². The number of nitrogens with zero attached hydrogens (tertiary/aromatic N) is 1. The van der Waals surface area contributed by atoms with E-state index in [1.54, 1.807) is 12.2 Å².